The number of nitrogens with one attached hydrogen (secondary N) is 1. The number of hydrogen-bond acceptors (Lipinski definition) is 2. The van der Waals surface area contributed by atoms with Crippen LogP contribution in [-0.4, -0.2) is 23.0 Å². The van der Waals surface area contributed by atoms with Gasteiger partial charge >= 0.3 is 0 Å². The van der Waals surface area contributed by atoms with Crippen molar-refractivity contribution in [1.29, 1.82) is 0 Å². The van der Waals surface area contributed by atoms with Gasteiger partial charge in [0.25, 0.3) is 0 Å². The zero-order valence-corrected chi connectivity index (χ0v) is 9.67. The van der Waals surface area contributed by atoms with E-state index in [1.54, 1.807) is 0 Å². The monoisotopic (exact) mass is 223 g/mol. The Kier molecular flexibility index (Phi) is 2.93. The minimum atomic E-state index is 0.596. The second-order valence-corrected chi connectivity index (χ2v) is 3.94. The summed E-state index contributed by atoms with van der Waals surface area (Å²) in [7, 11) is 1.93. The zero-order chi connectivity index (χ0) is 10.8. The van der Waals surface area contributed by atoms with Crippen LogP contribution in [0.4, 0.5) is 0 Å². The number of nitrogens with zero attached hydrogens (tertiary/aromatic N) is 2. The van der Waals surface area contributed by atoms with E-state index in [0.29, 0.717) is 5.15 Å². The minimum absolute atomic E-state index is 0.596. The highest BCUT2D eigenvalue weighted by Crippen LogP contribution is 2.21. The normalized spacial score (nSPS) is 11.1. The summed E-state index contributed by atoms with van der Waals surface area (Å²) in [5, 5.41) is 3.70. The van der Waals surface area contributed by atoms with Crippen molar-refractivity contribution in [2.75, 3.05) is 13.6 Å². The summed E-state index contributed by atoms with van der Waals surface area (Å²) in [5.74, 6) is 1.01. The van der Waals surface area contributed by atoms with Crippen molar-refractivity contribution >= 4 is 17.1 Å². The molecule has 0 aliphatic heterocycles. The number of aryl methyl sites for hydroxylation is 1. The van der Waals surface area contributed by atoms with Crippen molar-refractivity contribution in [2.45, 2.75) is 13.3 Å². The van der Waals surface area contributed by atoms with E-state index in [-0.39, 0.29) is 0 Å². The summed E-state index contributed by atoms with van der Waals surface area (Å²) in [5.41, 5.74) is 2.18. The Bertz CT molecular complexity index is 476. The van der Waals surface area contributed by atoms with Gasteiger partial charge in [0.1, 0.15) is 5.82 Å². The molecule has 0 fully saturated rings. The van der Waals surface area contributed by atoms with E-state index in [1.807, 2.05) is 32.3 Å². The molecule has 0 spiro atoms. The number of imidazole rings is 1. The van der Waals surface area contributed by atoms with Gasteiger partial charge in [-0.05, 0) is 25.6 Å². The summed E-state index contributed by atoms with van der Waals surface area (Å²) < 4.78 is 2.06. The largest absolute Gasteiger partial charge is 0.319 e. The van der Waals surface area contributed by atoms with Crippen LogP contribution in [0.15, 0.2) is 18.3 Å². The molecule has 0 saturated carbocycles. The Morgan fingerprint density at radius 1 is 1.53 bits per heavy atom. The third-order valence-corrected chi connectivity index (χ3v) is 2.76. The molecular weight excluding hydrogens is 210 g/mol. The van der Waals surface area contributed by atoms with Crippen LogP contribution in [0.2, 0.25) is 5.15 Å². The molecule has 3 nitrogen and oxygen atoms in total. The molecule has 80 valence electrons. The highest BCUT2D eigenvalue weighted by atomic mass is 35.5. The number of aromatic nitrogens is 2. The van der Waals surface area contributed by atoms with E-state index >= 15 is 0 Å². The van der Waals surface area contributed by atoms with Crippen LogP contribution in [0, 0.1) is 6.92 Å². The van der Waals surface area contributed by atoms with E-state index in [9.17, 15) is 0 Å². The fourth-order valence-corrected chi connectivity index (χ4v) is 2.07. The Hall–Kier alpha value is -1.06. The number of likely N-dealkylation sites (N-methyl/N-ethyl adjacent to an activating group) is 1. The second-order valence-electron chi connectivity index (χ2n) is 3.58. The zero-order valence-electron chi connectivity index (χ0n) is 8.92. The first-order valence-corrected chi connectivity index (χ1v) is 5.38. The van der Waals surface area contributed by atoms with E-state index < -0.39 is 0 Å². The molecular formula is C11H14ClN3. The molecule has 0 aromatic carbocycles. The van der Waals surface area contributed by atoms with Gasteiger partial charge in [0, 0.05) is 19.2 Å². The molecule has 0 aliphatic carbocycles. The molecule has 4 heteroatoms. The van der Waals surface area contributed by atoms with E-state index in [0.717, 1.165) is 29.9 Å². The number of halogens is 1. The maximum absolute atomic E-state index is 6.11. The molecule has 2 rings (SSSR count). The quantitative estimate of drug-likeness (QED) is 0.863. The summed E-state index contributed by atoms with van der Waals surface area (Å²) in [6, 6.07) is 4.06. The molecule has 0 saturated heterocycles. The third-order valence-electron chi connectivity index (χ3n) is 2.50. The van der Waals surface area contributed by atoms with Crippen molar-refractivity contribution in [3.63, 3.8) is 0 Å². The lowest BCUT2D eigenvalue weighted by Crippen LogP contribution is -2.12. The Labute approximate surface area is 94.1 Å². The van der Waals surface area contributed by atoms with Crippen LogP contribution in [-0.2, 0) is 6.42 Å². The molecule has 1 N–H and O–H groups in total. The Morgan fingerprint density at radius 3 is 3.07 bits per heavy atom. The summed E-state index contributed by atoms with van der Waals surface area (Å²) in [6.45, 7) is 2.95. The lowest BCUT2D eigenvalue weighted by atomic mass is 10.2. The summed E-state index contributed by atoms with van der Waals surface area (Å²) >= 11 is 6.11. The third kappa shape index (κ3) is 1.85. The lowest BCUT2D eigenvalue weighted by Gasteiger charge is -2.01. The van der Waals surface area contributed by atoms with Crippen LogP contribution in [0.3, 0.4) is 0 Å². The SMILES string of the molecule is CNCCc1nc(Cl)c2c(C)cccn12. The van der Waals surface area contributed by atoms with E-state index in [2.05, 4.69) is 14.7 Å². The molecule has 15 heavy (non-hydrogen) atoms. The molecule has 0 radical (unpaired) electrons. The number of fused-ring (bicyclic) bond motifs is 1. The Balaban J connectivity index is 2.53. The minimum Gasteiger partial charge on any atom is -0.319 e. The molecule has 0 atom stereocenters. The van der Waals surface area contributed by atoms with Crippen molar-refractivity contribution in [3.8, 4) is 0 Å². The highest BCUT2D eigenvalue weighted by molar-refractivity contribution is 6.32. The number of pyridine rings is 1. The first kappa shape index (κ1) is 10.5. The van der Waals surface area contributed by atoms with Crippen LogP contribution in [0.25, 0.3) is 5.52 Å². The van der Waals surface area contributed by atoms with Gasteiger partial charge < -0.3 is 9.72 Å². The van der Waals surface area contributed by atoms with Crippen LogP contribution < -0.4 is 5.32 Å². The number of rotatable bonds is 3. The van der Waals surface area contributed by atoms with Crippen LogP contribution in [0.5, 0.6) is 0 Å². The molecule has 0 unspecified atom stereocenters. The highest BCUT2D eigenvalue weighted by Gasteiger charge is 2.09. The van der Waals surface area contributed by atoms with Crippen molar-refractivity contribution < 1.29 is 0 Å². The fraction of sp³-hybridized carbons (Fsp3) is 0.364. The van der Waals surface area contributed by atoms with Crippen molar-refractivity contribution in [3.05, 3.63) is 34.9 Å². The van der Waals surface area contributed by atoms with Gasteiger partial charge in [-0.15, -0.1) is 0 Å². The Morgan fingerprint density at radius 2 is 2.33 bits per heavy atom. The van der Waals surface area contributed by atoms with Gasteiger partial charge in [-0.25, -0.2) is 4.98 Å². The maximum Gasteiger partial charge on any atom is 0.155 e. The topological polar surface area (TPSA) is 29.3 Å². The average molecular weight is 224 g/mol. The lowest BCUT2D eigenvalue weighted by molar-refractivity contribution is 0.753. The van der Waals surface area contributed by atoms with Gasteiger partial charge in [-0.3, -0.25) is 0 Å². The van der Waals surface area contributed by atoms with E-state index in [4.69, 9.17) is 11.6 Å². The summed E-state index contributed by atoms with van der Waals surface area (Å²) in [6.07, 6.45) is 2.89. The van der Waals surface area contributed by atoms with Gasteiger partial charge in [-0.1, -0.05) is 17.7 Å². The standard InChI is InChI=1S/C11H14ClN3/c1-8-4-3-7-15-9(5-6-13-2)14-11(12)10(8)15/h3-4,7,13H,5-6H2,1-2H3. The average Bonchev–Trinajstić information content (AvgIpc) is 2.54. The molecule has 0 amide bonds. The first-order valence-electron chi connectivity index (χ1n) is 5.00. The molecule has 2 aromatic rings. The molecule has 0 aliphatic rings. The molecule has 2 aromatic heterocycles. The van der Waals surface area contributed by atoms with Gasteiger partial charge in [0.2, 0.25) is 0 Å². The second kappa shape index (κ2) is 4.21. The number of hydrogen-bond donors (Lipinski definition) is 1. The first-order chi connectivity index (χ1) is 7.24. The fourth-order valence-electron chi connectivity index (χ4n) is 1.73. The predicted octanol–water partition coefficient (Wildman–Crippen LogP) is 2.06. The molecule has 2 heterocycles. The van der Waals surface area contributed by atoms with Gasteiger partial charge in [-0.2, -0.15) is 0 Å². The van der Waals surface area contributed by atoms with Gasteiger partial charge in [0.15, 0.2) is 5.15 Å². The molecule has 0 bridgehead atoms. The predicted molar refractivity (Wildman–Crippen MR) is 62.6 cm³/mol. The van der Waals surface area contributed by atoms with Crippen molar-refractivity contribution in [1.82, 2.24) is 14.7 Å². The van der Waals surface area contributed by atoms with E-state index in [1.165, 1.54) is 0 Å². The van der Waals surface area contributed by atoms with Crippen molar-refractivity contribution in [2.24, 2.45) is 0 Å². The van der Waals surface area contributed by atoms with Crippen LogP contribution in [0.1, 0.15) is 11.4 Å². The maximum atomic E-state index is 6.11. The summed E-state index contributed by atoms with van der Waals surface area (Å²) in [4.78, 5) is 4.38. The smallest absolute Gasteiger partial charge is 0.155 e. The van der Waals surface area contributed by atoms with Gasteiger partial charge in [0.05, 0.1) is 5.52 Å². The van der Waals surface area contributed by atoms with Crippen LogP contribution >= 0.6 is 11.6 Å².